The fourth-order valence-corrected chi connectivity index (χ4v) is 2.84. The molecule has 19 heavy (non-hydrogen) atoms. The summed E-state index contributed by atoms with van der Waals surface area (Å²) in [5, 5.41) is 10.8. The summed E-state index contributed by atoms with van der Waals surface area (Å²) in [5.41, 5.74) is 1.46. The summed E-state index contributed by atoms with van der Waals surface area (Å²) in [5.74, 6) is -1.83. The summed E-state index contributed by atoms with van der Waals surface area (Å²) in [6, 6.07) is 7.04. The zero-order valence-corrected chi connectivity index (χ0v) is 11.4. The molecule has 1 aliphatic rings. The van der Waals surface area contributed by atoms with Crippen LogP contribution < -0.4 is 0 Å². The molecule has 100 valence electrons. The molecule has 0 heterocycles. The number of hydrogen-bond donors (Lipinski definition) is 1. The van der Waals surface area contributed by atoms with Crippen molar-refractivity contribution < 1.29 is 14.7 Å². The van der Waals surface area contributed by atoms with Crippen LogP contribution >= 0.6 is 12.2 Å². The van der Waals surface area contributed by atoms with Crippen molar-refractivity contribution in [3.63, 3.8) is 0 Å². The van der Waals surface area contributed by atoms with Crippen molar-refractivity contribution in [2.24, 2.45) is 11.8 Å². The van der Waals surface area contributed by atoms with Gasteiger partial charge in [-0.05, 0) is 18.4 Å². The molecule has 0 radical (unpaired) electrons. The molecule has 0 aromatic heterocycles. The van der Waals surface area contributed by atoms with E-state index in [0.717, 1.165) is 18.4 Å². The zero-order valence-electron chi connectivity index (χ0n) is 10.5. The van der Waals surface area contributed by atoms with Gasteiger partial charge in [0.1, 0.15) is 0 Å². The summed E-state index contributed by atoms with van der Waals surface area (Å²) in [6.45, 7) is 0. The quantitative estimate of drug-likeness (QED) is 0.678. The Morgan fingerprint density at radius 2 is 1.68 bits per heavy atom. The van der Waals surface area contributed by atoms with Crippen molar-refractivity contribution in [1.29, 1.82) is 0 Å². The monoisotopic (exact) mass is 276 g/mol. The number of carbonyl (C=O) groups is 2. The minimum Gasteiger partial charge on any atom is -0.481 e. The highest BCUT2D eigenvalue weighted by Crippen LogP contribution is 2.32. The van der Waals surface area contributed by atoms with Crippen LogP contribution in [0.2, 0.25) is 0 Å². The van der Waals surface area contributed by atoms with E-state index in [0.29, 0.717) is 18.4 Å². The first kappa shape index (κ1) is 13.9. The van der Waals surface area contributed by atoms with E-state index >= 15 is 0 Å². The van der Waals surface area contributed by atoms with Gasteiger partial charge in [-0.3, -0.25) is 9.59 Å². The van der Waals surface area contributed by atoms with E-state index < -0.39 is 11.9 Å². The second kappa shape index (κ2) is 6.06. The van der Waals surface area contributed by atoms with Crippen LogP contribution in [0.1, 0.15) is 41.6 Å². The molecule has 1 fully saturated rings. The number of carboxylic acid groups (broad SMARTS) is 1. The van der Waals surface area contributed by atoms with Gasteiger partial charge in [0.15, 0.2) is 5.78 Å². The van der Waals surface area contributed by atoms with Gasteiger partial charge in [0.05, 0.1) is 5.92 Å². The van der Waals surface area contributed by atoms with E-state index in [1.165, 1.54) is 0 Å². The van der Waals surface area contributed by atoms with Gasteiger partial charge in [0.2, 0.25) is 0 Å². The predicted octanol–water partition coefficient (Wildman–Crippen LogP) is 3.11. The fraction of sp³-hybridized carbons (Fsp3) is 0.400. The van der Waals surface area contributed by atoms with E-state index in [4.69, 9.17) is 12.2 Å². The third kappa shape index (κ3) is 3.07. The van der Waals surface area contributed by atoms with E-state index in [9.17, 15) is 14.7 Å². The van der Waals surface area contributed by atoms with Crippen molar-refractivity contribution in [3.05, 3.63) is 35.4 Å². The predicted molar refractivity (Wildman–Crippen MR) is 76.6 cm³/mol. The summed E-state index contributed by atoms with van der Waals surface area (Å²) >= 11 is 4.82. The largest absolute Gasteiger partial charge is 0.481 e. The second-order valence-corrected chi connectivity index (χ2v) is 5.18. The second-order valence-electron chi connectivity index (χ2n) is 4.94. The lowest BCUT2D eigenvalue weighted by Crippen LogP contribution is -2.32. The molecule has 0 aliphatic heterocycles. The highest BCUT2D eigenvalue weighted by molar-refractivity contribution is 7.79. The molecule has 1 aromatic carbocycles. The van der Waals surface area contributed by atoms with E-state index in [2.05, 4.69) is 0 Å². The summed E-state index contributed by atoms with van der Waals surface area (Å²) in [6.07, 6.45) is 3.09. The third-order valence-corrected chi connectivity index (χ3v) is 4.02. The molecular weight excluding hydrogens is 260 g/mol. The molecule has 4 heteroatoms. The molecule has 0 saturated heterocycles. The first-order chi connectivity index (χ1) is 9.13. The average Bonchev–Trinajstić information content (AvgIpc) is 2.46. The first-order valence-corrected chi connectivity index (χ1v) is 6.93. The SMILES string of the molecule is O=C(O)C1CCCCC1C(=O)c1ccc(C=S)cc1. The molecule has 2 unspecified atom stereocenters. The highest BCUT2D eigenvalue weighted by atomic mass is 32.1. The minimum atomic E-state index is -0.853. The Hall–Kier alpha value is -1.55. The number of Topliss-reactive ketones (excluding diaryl/α,β-unsaturated/α-hetero) is 1. The Kier molecular flexibility index (Phi) is 4.43. The standard InChI is InChI=1S/C15H16O3S/c16-14(11-7-5-10(9-19)6-8-11)12-3-1-2-4-13(12)15(17)18/h5-9,12-13H,1-4H2,(H,17,18). The normalized spacial score (nSPS) is 22.7. The topological polar surface area (TPSA) is 54.4 Å². The Bertz CT molecular complexity index is 493. The van der Waals surface area contributed by atoms with Crippen LogP contribution in [0.5, 0.6) is 0 Å². The van der Waals surface area contributed by atoms with Crippen LogP contribution in [0.25, 0.3) is 0 Å². The molecule has 1 aliphatic carbocycles. The van der Waals surface area contributed by atoms with E-state index in [-0.39, 0.29) is 11.7 Å². The molecule has 2 rings (SSSR count). The van der Waals surface area contributed by atoms with Crippen molar-refractivity contribution in [1.82, 2.24) is 0 Å². The Labute approximate surface area is 117 Å². The van der Waals surface area contributed by atoms with Crippen LogP contribution in [-0.2, 0) is 4.79 Å². The molecule has 0 bridgehead atoms. The zero-order chi connectivity index (χ0) is 13.8. The maximum atomic E-state index is 12.4. The van der Waals surface area contributed by atoms with Gasteiger partial charge in [0, 0.05) is 16.8 Å². The Morgan fingerprint density at radius 1 is 1.11 bits per heavy atom. The smallest absolute Gasteiger partial charge is 0.307 e. The number of carboxylic acids is 1. The first-order valence-electron chi connectivity index (χ1n) is 6.45. The number of hydrogen-bond acceptors (Lipinski definition) is 3. The summed E-state index contributed by atoms with van der Waals surface area (Å²) in [7, 11) is 0. The van der Waals surface area contributed by atoms with E-state index in [1.54, 1.807) is 29.6 Å². The molecule has 1 aromatic rings. The number of benzene rings is 1. The number of aliphatic carboxylic acids is 1. The Balaban J connectivity index is 2.20. The highest BCUT2D eigenvalue weighted by Gasteiger charge is 2.35. The molecule has 0 spiro atoms. The lowest BCUT2D eigenvalue weighted by Gasteiger charge is -2.27. The summed E-state index contributed by atoms with van der Waals surface area (Å²) in [4.78, 5) is 23.6. The van der Waals surface area contributed by atoms with Crippen LogP contribution in [0.3, 0.4) is 0 Å². The van der Waals surface area contributed by atoms with Crippen LogP contribution in [0, 0.1) is 11.8 Å². The van der Waals surface area contributed by atoms with Gasteiger partial charge in [-0.2, -0.15) is 0 Å². The number of ketones is 1. The van der Waals surface area contributed by atoms with Gasteiger partial charge in [-0.25, -0.2) is 0 Å². The molecule has 2 atom stereocenters. The van der Waals surface area contributed by atoms with Gasteiger partial charge in [-0.1, -0.05) is 49.3 Å². The van der Waals surface area contributed by atoms with Crippen LogP contribution in [0.4, 0.5) is 0 Å². The maximum absolute atomic E-state index is 12.4. The molecular formula is C15H16O3S. The number of rotatable bonds is 4. The van der Waals surface area contributed by atoms with Crippen LogP contribution in [0.15, 0.2) is 24.3 Å². The molecule has 1 N–H and O–H groups in total. The maximum Gasteiger partial charge on any atom is 0.307 e. The number of thiocarbonyl (C=S) groups is 1. The van der Waals surface area contributed by atoms with Gasteiger partial charge in [-0.15, -0.1) is 0 Å². The van der Waals surface area contributed by atoms with E-state index in [1.807, 2.05) is 0 Å². The molecule has 1 saturated carbocycles. The number of carbonyl (C=O) groups excluding carboxylic acids is 1. The van der Waals surface area contributed by atoms with Gasteiger partial charge in [0.25, 0.3) is 0 Å². The molecule has 0 amide bonds. The minimum absolute atomic E-state index is 0.0528. The van der Waals surface area contributed by atoms with Crippen molar-refractivity contribution in [2.45, 2.75) is 25.7 Å². The summed E-state index contributed by atoms with van der Waals surface area (Å²) < 4.78 is 0. The third-order valence-electron chi connectivity index (χ3n) is 3.75. The van der Waals surface area contributed by atoms with Crippen LogP contribution in [-0.4, -0.2) is 22.2 Å². The average molecular weight is 276 g/mol. The van der Waals surface area contributed by atoms with Gasteiger partial charge < -0.3 is 5.11 Å². The lowest BCUT2D eigenvalue weighted by molar-refractivity contribution is -0.144. The van der Waals surface area contributed by atoms with Crippen molar-refractivity contribution in [3.8, 4) is 0 Å². The fourth-order valence-electron chi connectivity index (χ4n) is 2.68. The van der Waals surface area contributed by atoms with Crippen molar-refractivity contribution >= 4 is 29.3 Å². The van der Waals surface area contributed by atoms with Gasteiger partial charge >= 0.3 is 5.97 Å². The lowest BCUT2D eigenvalue weighted by atomic mass is 9.75. The van der Waals surface area contributed by atoms with Crippen molar-refractivity contribution in [2.75, 3.05) is 0 Å². The molecule has 3 nitrogen and oxygen atoms in total. The Morgan fingerprint density at radius 3 is 2.21 bits per heavy atom.